The van der Waals surface area contributed by atoms with Crippen LogP contribution in [0.2, 0.25) is 0 Å². The molecule has 2 saturated heterocycles. The molecular weight excluding hydrogens is 266 g/mol. The molecule has 0 saturated carbocycles. The predicted molar refractivity (Wildman–Crippen MR) is 82.7 cm³/mol. The lowest BCUT2D eigenvalue weighted by molar-refractivity contribution is -0.136. The Balaban J connectivity index is 1.85. The summed E-state index contributed by atoms with van der Waals surface area (Å²) in [6, 6.07) is 0.517. The van der Waals surface area contributed by atoms with Crippen molar-refractivity contribution in [3.05, 3.63) is 0 Å². The third-order valence-electron chi connectivity index (χ3n) is 4.76. The Labute approximate surface area is 127 Å². The molecule has 5 nitrogen and oxygen atoms in total. The van der Waals surface area contributed by atoms with Crippen molar-refractivity contribution in [3.63, 3.8) is 0 Å². The first-order valence-electron chi connectivity index (χ1n) is 7.96. The highest BCUT2D eigenvalue weighted by Crippen LogP contribution is 2.22. The van der Waals surface area contributed by atoms with Crippen molar-refractivity contribution < 1.29 is 9.90 Å². The van der Waals surface area contributed by atoms with Crippen LogP contribution in [0.4, 0.5) is 0 Å². The SMILES string of the molecule is C#CCN1CCN(C(=O)CN2C(C)CCCC2CO)CC1. The zero-order valence-electron chi connectivity index (χ0n) is 13.0. The third kappa shape index (κ3) is 4.19. The van der Waals surface area contributed by atoms with E-state index in [1.807, 2.05) is 4.90 Å². The number of nitrogens with zero attached hydrogens (tertiary/aromatic N) is 3. The molecule has 0 aromatic heterocycles. The number of amides is 1. The number of likely N-dealkylation sites (tertiary alicyclic amines) is 1. The number of piperidine rings is 1. The Hall–Kier alpha value is -1.09. The number of carbonyl (C=O) groups excluding carboxylic acids is 1. The fourth-order valence-electron chi connectivity index (χ4n) is 3.36. The first-order valence-corrected chi connectivity index (χ1v) is 7.96. The number of hydrogen-bond donors (Lipinski definition) is 1. The van der Waals surface area contributed by atoms with Crippen molar-refractivity contribution in [1.82, 2.24) is 14.7 Å². The number of rotatable bonds is 4. The molecule has 0 aliphatic carbocycles. The molecule has 2 aliphatic rings. The highest BCUT2D eigenvalue weighted by Gasteiger charge is 2.31. The number of piperazine rings is 1. The van der Waals surface area contributed by atoms with Crippen LogP contribution in [0, 0.1) is 12.3 Å². The maximum Gasteiger partial charge on any atom is 0.236 e. The minimum absolute atomic E-state index is 0.139. The quantitative estimate of drug-likeness (QED) is 0.741. The number of terminal acetylenes is 1. The van der Waals surface area contributed by atoms with Gasteiger partial charge < -0.3 is 10.0 Å². The summed E-state index contributed by atoms with van der Waals surface area (Å²) in [7, 11) is 0. The molecule has 2 unspecified atom stereocenters. The molecule has 2 atom stereocenters. The first kappa shape index (κ1) is 16.3. The third-order valence-corrected chi connectivity index (χ3v) is 4.76. The van der Waals surface area contributed by atoms with E-state index in [-0.39, 0.29) is 18.6 Å². The Morgan fingerprint density at radius 2 is 2.00 bits per heavy atom. The summed E-state index contributed by atoms with van der Waals surface area (Å²) < 4.78 is 0. The van der Waals surface area contributed by atoms with Gasteiger partial charge in [-0.1, -0.05) is 12.3 Å². The van der Waals surface area contributed by atoms with Crippen molar-refractivity contribution in [2.45, 2.75) is 38.3 Å². The van der Waals surface area contributed by atoms with Gasteiger partial charge >= 0.3 is 0 Å². The molecule has 5 heteroatoms. The van der Waals surface area contributed by atoms with E-state index in [0.29, 0.717) is 19.1 Å². The smallest absolute Gasteiger partial charge is 0.236 e. The van der Waals surface area contributed by atoms with Crippen molar-refractivity contribution in [2.75, 3.05) is 45.9 Å². The molecule has 2 rings (SSSR count). The van der Waals surface area contributed by atoms with E-state index in [1.54, 1.807) is 0 Å². The normalized spacial score (nSPS) is 28.3. The summed E-state index contributed by atoms with van der Waals surface area (Å²) in [6.07, 6.45) is 8.56. The zero-order valence-corrected chi connectivity index (χ0v) is 13.0. The van der Waals surface area contributed by atoms with E-state index < -0.39 is 0 Å². The first-order chi connectivity index (χ1) is 10.2. The van der Waals surface area contributed by atoms with E-state index in [0.717, 1.165) is 45.4 Å². The lowest BCUT2D eigenvalue weighted by Gasteiger charge is -2.41. The predicted octanol–water partition coefficient (Wildman–Crippen LogP) is -0.000900. The van der Waals surface area contributed by atoms with Crippen LogP contribution in [0.5, 0.6) is 0 Å². The fraction of sp³-hybridized carbons (Fsp3) is 0.812. The van der Waals surface area contributed by atoms with Gasteiger partial charge in [-0.25, -0.2) is 0 Å². The summed E-state index contributed by atoms with van der Waals surface area (Å²) in [5.41, 5.74) is 0. The molecule has 1 N–H and O–H groups in total. The molecule has 1 amide bonds. The molecule has 21 heavy (non-hydrogen) atoms. The standard InChI is InChI=1S/C16H27N3O2/c1-3-7-17-8-10-18(11-9-17)16(21)12-19-14(2)5-4-6-15(19)13-20/h1,14-15,20H,4-13H2,2H3. The van der Waals surface area contributed by atoms with Crippen LogP contribution in [-0.2, 0) is 4.79 Å². The van der Waals surface area contributed by atoms with Gasteiger partial charge in [0.25, 0.3) is 0 Å². The Morgan fingerprint density at radius 1 is 1.29 bits per heavy atom. The van der Waals surface area contributed by atoms with E-state index >= 15 is 0 Å². The molecule has 0 bridgehead atoms. The summed E-state index contributed by atoms with van der Waals surface area (Å²) in [6.45, 7) is 6.62. The minimum Gasteiger partial charge on any atom is -0.395 e. The van der Waals surface area contributed by atoms with E-state index in [9.17, 15) is 9.90 Å². The largest absolute Gasteiger partial charge is 0.395 e. The number of aliphatic hydroxyl groups excluding tert-OH is 1. The van der Waals surface area contributed by atoms with Gasteiger partial charge in [-0.15, -0.1) is 6.42 Å². The van der Waals surface area contributed by atoms with Crippen LogP contribution >= 0.6 is 0 Å². The number of aliphatic hydroxyl groups is 1. The lowest BCUT2D eigenvalue weighted by Crippen LogP contribution is -2.55. The summed E-state index contributed by atoms with van der Waals surface area (Å²) >= 11 is 0. The molecule has 2 aliphatic heterocycles. The van der Waals surface area contributed by atoms with Gasteiger partial charge in [0.05, 0.1) is 19.7 Å². The van der Waals surface area contributed by atoms with Crippen LogP contribution in [0.3, 0.4) is 0 Å². The topological polar surface area (TPSA) is 47.0 Å². The molecule has 118 valence electrons. The van der Waals surface area contributed by atoms with Crippen LogP contribution in [0.25, 0.3) is 0 Å². The van der Waals surface area contributed by atoms with Gasteiger partial charge in [-0.05, 0) is 19.8 Å². The highest BCUT2D eigenvalue weighted by molar-refractivity contribution is 5.78. The fourth-order valence-corrected chi connectivity index (χ4v) is 3.36. The van der Waals surface area contributed by atoms with E-state index in [2.05, 4.69) is 22.6 Å². The molecule has 2 fully saturated rings. The van der Waals surface area contributed by atoms with Crippen molar-refractivity contribution >= 4 is 5.91 Å². The second-order valence-electron chi connectivity index (χ2n) is 6.15. The summed E-state index contributed by atoms with van der Waals surface area (Å²) in [5.74, 6) is 2.84. The number of hydrogen-bond acceptors (Lipinski definition) is 4. The van der Waals surface area contributed by atoms with Crippen LogP contribution in [0.1, 0.15) is 26.2 Å². The van der Waals surface area contributed by atoms with Gasteiger partial charge in [-0.3, -0.25) is 14.6 Å². The van der Waals surface area contributed by atoms with Crippen LogP contribution < -0.4 is 0 Å². The van der Waals surface area contributed by atoms with Gasteiger partial charge in [0.1, 0.15) is 0 Å². The Bertz CT molecular complexity index is 385. The average molecular weight is 293 g/mol. The molecule has 0 aromatic carbocycles. The molecular formula is C16H27N3O2. The maximum absolute atomic E-state index is 12.5. The van der Waals surface area contributed by atoms with Gasteiger partial charge in [0.2, 0.25) is 5.91 Å². The van der Waals surface area contributed by atoms with Gasteiger partial charge in [0.15, 0.2) is 0 Å². The van der Waals surface area contributed by atoms with E-state index in [1.165, 1.54) is 0 Å². The van der Waals surface area contributed by atoms with E-state index in [4.69, 9.17) is 6.42 Å². The zero-order chi connectivity index (χ0) is 15.2. The maximum atomic E-state index is 12.5. The number of carbonyl (C=O) groups is 1. The second kappa shape index (κ2) is 7.79. The molecule has 2 heterocycles. The Morgan fingerprint density at radius 3 is 2.62 bits per heavy atom. The molecule has 0 aromatic rings. The Kier molecular flexibility index (Phi) is 6.04. The van der Waals surface area contributed by atoms with Crippen LogP contribution in [-0.4, -0.2) is 83.7 Å². The molecule has 0 spiro atoms. The lowest BCUT2D eigenvalue weighted by atomic mass is 9.97. The highest BCUT2D eigenvalue weighted by atomic mass is 16.3. The summed E-state index contributed by atoms with van der Waals surface area (Å²) in [5, 5.41) is 9.50. The summed E-state index contributed by atoms with van der Waals surface area (Å²) in [4.78, 5) is 18.8. The molecule has 0 radical (unpaired) electrons. The van der Waals surface area contributed by atoms with Crippen molar-refractivity contribution in [1.29, 1.82) is 0 Å². The van der Waals surface area contributed by atoms with Crippen molar-refractivity contribution in [2.24, 2.45) is 0 Å². The average Bonchev–Trinajstić information content (AvgIpc) is 2.50. The van der Waals surface area contributed by atoms with Crippen LogP contribution in [0.15, 0.2) is 0 Å². The van der Waals surface area contributed by atoms with Crippen molar-refractivity contribution in [3.8, 4) is 12.3 Å². The van der Waals surface area contributed by atoms with Gasteiger partial charge in [0, 0.05) is 38.3 Å². The van der Waals surface area contributed by atoms with Gasteiger partial charge in [-0.2, -0.15) is 0 Å². The second-order valence-corrected chi connectivity index (χ2v) is 6.15. The monoisotopic (exact) mass is 293 g/mol. The minimum atomic E-state index is 0.139.